The number of nitrogens with zero attached hydrogens (tertiary/aromatic N) is 3. The Labute approximate surface area is 152 Å². The largest absolute Gasteiger partial charge is 0.379 e. The zero-order valence-corrected chi connectivity index (χ0v) is 15.3. The van der Waals surface area contributed by atoms with Crippen molar-refractivity contribution in [2.45, 2.75) is 58.4 Å². The molecular weight excluding hydrogens is 336 g/mol. The molecule has 2 aromatic rings. The molecule has 0 aromatic carbocycles. The lowest BCUT2D eigenvalue weighted by Gasteiger charge is -2.32. The summed E-state index contributed by atoms with van der Waals surface area (Å²) in [5, 5.41) is 7.00. The standard InChI is InChI=1S/C18H26N4O4/c1-13-15(14(2)26-21-13)10-25-17-5-9-24-11-16(17)20-18(23)4-3-7-22-8-6-19-12-22/h6,8,12,16-17H,3-5,7,9-11H2,1-2H3,(H,20,23)/t16-,17+/m0/s1. The number of aryl methyl sites for hydroxylation is 3. The van der Waals surface area contributed by atoms with E-state index in [1.165, 1.54) is 0 Å². The SMILES string of the molecule is Cc1noc(C)c1CO[C@@H]1CCOC[C@@H]1NC(=O)CCCn1ccnc1. The first-order chi connectivity index (χ1) is 12.6. The number of ether oxygens (including phenoxy) is 2. The van der Waals surface area contributed by atoms with Crippen LogP contribution in [0.25, 0.3) is 0 Å². The second kappa shape index (κ2) is 8.95. The van der Waals surface area contributed by atoms with E-state index in [-0.39, 0.29) is 18.1 Å². The molecule has 0 radical (unpaired) electrons. The average Bonchev–Trinajstić information content (AvgIpc) is 3.25. The summed E-state index contributed by atoms with van der Waals surface area (Å²) in [6.45, 7) is 6.10. The van der Waals surface area contributed by atoms with Crippen molar-refractivity contribution in [3.05, 3.63) is 35.7 Å². The Balaban J connectivity index is 1.46. The van der Waals surface area contributed by atoms with Crippen LogP contribution in [0.5, 0.6) is 0 Å². The summed E-state index contributed by atoms with van der Waals surface area (Å²) in [6.07, 6.45) is 7.29. The minimum atomic E-state index is -0.134. The highest BCUT2D eigenvalue weighted by Crippen LogP contribution is 2.18. The molecule has 1 saturated heterocycles. The van der Waals surface area contributed by atoms with Gasteiger partial charge >= 0.3 is 0 Å². The van der Waals surface area contributed by atoms with Crippen LogP contribution in [0, 0.1) is 13.8 Å². The van der Waals surface area contributed by atoms with Crippen molar-refractivity contribution >= 4 is 5.91 Å². The fraction of sp³-hybridized carbons (Fsp3) is 0.611. The first-order valence-electron chi connectivity index (χ1n) is 8.99. The zero-order valence-electron chi connectivity index (χ0n) is 15.3. The van der Waals surface area contributed by atoms with Gasteiger partial charge in [0.25, 0.3) is 0 Å². The van der Waals surface area contributed by atoms with Crippen LogP contribution in [0.2, 0.25) is 0 Å². The summed E-state index contributed by atoms with van der Waals surface area (Å²) in [5.41, 5.74) is 1.82. The van der Waals surface area contributed by atoms with Crippen molar-refractivity contribution in [2.24, 2.45) is 0 Å². The highest BCUT2D eigenvalue weighted by Gasteiger charge is 2.28. The second-order valence-corrected chi connectivity index (χ2v) is 6.59. The number of imidazole rings is 1. The lowest BCUT2D eigenvalue weighted by atomic mass is 10.1. The van der Waals surface area contributed by atoms with E-state index < -0.39 is 0 Å². The fourth-order valence-corrected chi connectivity index (χ4v) is 3.07. The van der Waals surface area contributed by atoms with Gasteiger partial charge in [0.05, 0.1) is 37.4 Å². The van der Waals surface area contributed by atoms with Crippen molar-refractivity contribution < 1.29 is 18.8 Å². The van der Waals surface area contributed by atoms with Crippen molar-refractivity contribution in [2.75, 3.05) is 13.2 Å². The third kappa shape index (κ3) is 4.92. The van der Waals surface area contributed by atoms with Crippen LogP contribution < -0.4 is 5.32 Å². The van der Waals surface area contributed by atoms with Gasteiger partial charge in [-0.25, -0.2) is 4.98 Å². The normalized spacial score (nSPS) is 20.2. The van der Waals surface area contributed by atoms with E-state index in [1.807, 2.05) is 24.6 Å². The van der Waals surface area contributed by atoms with Crippen LogP contribution in [0.3, 0.4) is 0 Å². The third-order valence-electron chi connectivity index (χ3n) is 4.64. The van der Waals surface area contributed by atoms with Gasteiger partial charge in [0.1, 0.15) is 5.76 Å². The lowest BCUT2D eigenvalue weighted by molar-refractivity contribution is -0.126. The molecule has 142 valence electrons. The number of nitrogens with one attached hydrogen (secondary N) is 1. The minimum absolute atomic E-state index is 0.0200. The molecule has 1 aliphatic rings. The molecule has 8 nitrogen and oxygen atoms in total. The molecule has 26 heavy (non-hydrogen) atoms. The lowest BCUT2D eigenvalue weighted by Crippen LogP contribution is -2.50. The van der Waals surface area contributed by atoms with Gasteiger partial charge in [-0.1, -0.05) is 5.16 Å². The summed E-state index contributed by atoms with van der Waals surface area (Å²) in [7, 11) is 0. The number of aromatic nitrogens is 3. The Bertz CT molecular complexity index is 679. The molecule has 0 aliphatic carbocycles. The van der Waals surface area contributed by atoms with E-state index in [2.05, 4.69) is 15.5 Å². The molecule has 8 heteroatoms. The van der Waals surface area contributed by atoms with Gasteiger partial charge in [0, 0.05) is 37.5 Å². The summed E-state index contributed by atoms with van der Waals surface area (Å²) in [4.78, 5) is 16.2. The smallest absolute Gasteiger partial charge is 0.220 e. The number of carbonyl (C=O) groups excluding carboxylic acids is 1. The highest BCUT2D eigenvalue weighted by atomic mass is 16.5. The predicted molar refractivity (Wildman–Crippen MR) is 93.4 cm³/mol. The van der Waals surface area contributed by atoms with Gasteiger partial charge in [-0.2, -0.15) is 0 Å². The number of rotatable bonds is 8. The third-order valence-corrected chi connectivity index (χ3v) is 4.64. The molecule has 3 heterocycles. The zero-order chi connectivity index (χ0) is 18.4. The average molecular weight is 362 g/mol. The second-order valence-electron chi connectivity index (χ2n) is 6.59. The Hall–Kier alpha value is -2.19. The molecule has 0 saturated carbocycles. The summed E-state index contributed by atoms with van der Waals surface area (Å²) in [5.74, 6) is 0.793. The van der Waals surface area contributed by atoms with Crippen LogP contribution in [0.15, 0.2) is 23.2 Å². The van der Waals surface area contributed by atoms with E-state index in [4.69, 9.17) is 14.0 Å². The topological polar surface area (TPSA) is 91.4 Å². The maximum Gasteiger partial charge on any atom is 0.220 e. The molecular formula is C18H26N4O4. The minimum Gasteiger partial charge on any atom is -0.379 e. The molecule has 1 fully saturated rings. The quantitative estimate of drug-likeness (QED) is 0.769. The first kappa shape index (κ1) is 18.6. The van der Waals surface area contributed by atoms with Gasteiger partial charge in [0.2, 0.25) is 5.91 Å². The van der Waals surface area contributed by atoms with E-state index in [1.54, 1.807) is 12.5 Å². The first-order valence-corrected chi connectivity index (χ1v) is 8.99. The Kier molecular flexibility index (Phi) is 6.40. The van der Waals surface area contributed by atoms with E-state index in [0.29, 0.717) is 26.2 Å². The number of hydrogen-bond acceptors (Lipinski definition) is 6. The monoisotopic (exact) mass is 362 g/mol. The molecule has 0 bridgehead atoms. The predicted octanol–water partition coefficient (Wildman–Crippen LogP) is 1.76. The Morgan fingerprint density at radius 2 is 2.35 bits per heavy atom. The van der Waals surface area contributed by atoms with Crippen LogP contribution in [-0.2, 0) is 27.4 Å². The van der Waals surface area contributed by atoms with Gasteiger partial charge in [-0.05, 0) is 26.7 Å². The highest BCUT2D eigenvalue weighted by molar-refractivity contribution is 5.76. The van der Waals surface area contributed by atoms with Crippen molar-refractivity contribution in [3.63, 3.8) is 0 Å². The molecule has 0 spiro atoms. The molecule has 1 N–H and O–H groups in total. The van der Waals surface area contributed by atoms with Crippen LogP contribution in [-0.4, -0.2) is 46.0 Å². The van der Waals surface area contributed by atoms with Gasteiger partial charge in [-0.15, -0.1) is 0 Å². The van der Waals surface area contributed by atoms with Gasteiger partial charge in [0.15, 0.2) is 0 Å². The number of carbonyl (C=O) groups is 1. The van der Waals surface area contributed by atoms with E-state index in [0.717, 1.165) is 36.4 Å². The Morgan fingerprint density at radius 3 is 3.08 bits per heavy atom. The van der Waals surface area contributed by atoms with E-state index >= 15 is 0 Å². The molecule has 1 amide bonds. The molecule has 2 atom stereocenters. The van der Waals surface area contributed by atoms with E-state index in [9.17, 15) is 4.79 Å². The maximum absolute atomic E-state index is 12.3. The fourth-order valence-electron chi connectivity index (χ4n) is 3.07. The summed E-state index contributed by atoms with van der Waals surface area (Å²) >= 11 is 0. The van der Waals surface area contributed by atoms with Gasteiger partial charge < -0.3 is 23.9 Å². The van der Waals surface area contributed by atoms with Crippen LogP contribution in [0.4, 0.5) is 0 Å². The van der Waals surface area contributed by atoms with Crippen molar-refractivity contribution in [1.29, 1.82) is 0 Å². The molecule has 3 rings (SSSR count). The number of amides is 1. The Morgan fingerprint density at radius 1 is 1.46 bits per heavy atom. The van der Waals surface area contributed by atoms with Gasteiger partial charge in [-0.3, -0.25) is 4.79 Å². The van der Waals surface area contributed by atoms with Crippen LogP contribution >= 0.6 is 0 Å². The maximum atomic E-state index is 12.3. The van der Waals surface area contributed by atoms with Crippen LogP contribution in [0.1, 0.15) is 36.3 Å². The molecule has 2 aromatic heterocycles. The molecule has 1 aliphatic heterocycles. The van der Waals surface area contributed by atoms with Crippen molar-refractivity contribution in [1.82, 2.24) is 20.0 Å². The summed E-state index contributed by atoms with van der Waals surface area (Å²) in [6, 6.07) is -0.134. The molecule has 0 unspecified atom stereocenters. The summed E-state index contributed by atoms with van der Waals surface area (Å²) < 4.78 is 18.7. The van der Waals surface area contributed by atoms with Crippen molar-refractivity contribution in [3.8, 4) is 0 Å². The number of hydrogen-bond donors (Lipinski definition) is 1.